The normalized spacial score (nSPS) is 11.3. The third-order valence-electron chi connectivity index (χ3n) is 2.50. The molecule has 0 aliphatic heterocycles. The number of benzene rings is 1. The van der Waals surface area contributed by atoms with E-state index in [1.54, 1.807) is 37.4 Å². The summed E-state index contributed by atoms with van der Waals surface area (Å²) >= 11 is 0. The Kier molecular flexibility index (Phi) is 5.12. The smallest absolute Gasteiger partial charge is 0.344 e. The zero-order valence-corrected chi connectivity index (χ0v) is 11.0. The van der Waals surface area contributed by atoms with Gasteiger partial charge >= 0.3 is 12.1 Å². The molecule has 1 aromatic carbocycles. The average molecular weight is 288 g/mol. The van der Waals surface area contributed by atoms with Gasteiger partial charge in [0.1, 0.15) is 0 Å². The summed E-state index contributed by atoms with van der Waals surface area (Å²) in [6.07, 6.45) is -4.92. The lowest BCUT2D eigenvalue weighted by Crippen LogP contribution is -2.36. The zero-order chi connectivity index (χ0) is 15.3. The van der Waals surface area contributed by atoms with Crippen LogP contribution in [-0.4, -0.2) is 18.0 Å². The number of amides is 2. The second-order valence-corrected chi connectivity index (χ2v) is 4.48. The number of nitrogens with one attached hydrogen (secondary N) is 2. The molecule has 4 nitrogen and oxygen atoms in total. The van der Waals surface area contributed by atoms with Crippen molar-refractivity contribution in [3.05, 3.63) is 29.8 Å². The first-order valence-electron chi connectivity index (χ1n) is 5.95. The Morgan fingerprint density at radius 2 is 1.80 bits per heavy atom. The number of alkyl halides is 3. The molecule has 0 saturated carbocycles. The fourth-order valence-corrected chi connectivity index (χ4v) is 1.35. The summed E-state index contributed by atoms with van der Waals surface area (Å²) in [4.78, 5) is 22.3. The van der Waals surface area contributed by atoms with E-state index in [4.69, 9.17) is 0 Å². The summed E-state index contributed by atoms with van der Waals surface area (Å²) in [6, 6.07) is 6.35. The van der Waals surface area contributed by atoms with Gasteiger partial charge in [0.2, 0.25) is 5.91 Å². The van der Waals surface area contributed by atoms with Gasteiger partial charge in [-0.3, -0.25) is 9.59 Å². The molecule has 0 spiro atoms. The van der Waals surface area contributed by atoms with Crippen molar-refractivity contribution in [2.75, 3.05) is 5.32 Å². The quantitative estimate of drug-likeness (QED) is 0.894. The number of hydrogen-bond acceptors (Lipinski definition) is 2. The predicted molar refractivity (Wildman–Crippen MR) is 67.8 cm³/mol. The SMILES string of the molecule is CC(C)C(=O)Nc1ccccc1CNC(=O)C(F)(F)F. The molecule has 0 aliphatic rings. The van der Waals surface area contributed by atoms with Crippen LogP contribution in [0.5, 0.6) is 0 Å². The third kappa shape index (κ3) is 4.56. The van der Waals surface area contributed by atoms with Gasteiger partial charge in [0.05, 0.1) is 0 Å². The van der Waals surface area contributed by atoms with Gasteiger partial charge in [-0.15, -0.1) is 0 Å². The van der Waals surface area contributed by atoms with Crippen molar-refractivity contribution in [3.8, 4) is 0 Å². The first-order valence-corrected chi connectivity index (χ1v) is 5.95. The van der Waals surface area contributed by atoms with E-state index < -0.39 is 12.1 Å². The van der Waals surface area contributed by atoms with Gasteiger partial charge in [0, 0.05) is 18.2 Å². The maximum atomic E-state index is 12.1. The summed E-state index contributed by atoms with van der Waals surface area (Å²) < 4.78 is 36.3. The van der Waals surface area contributed by atoms with Crippen LogP contribution in [0, 0.1) is 5.92 Å². The maximum Gasteiger partial charge on any atom is 0.471 e. The highest BCUT2D eigenvalue weighted by atomic mass is 19.4. The third-order valence-corrected chi connectivity index (χ3v) is 2.50. The molecule has 0 fully saturated rings. The van der Waals surface area contributed by atoms with Crippen LogP contribution in [0.2, 0.25) is 0 Å². The van der Waals surface area contributed by atoms with E-state index in [2.05, 4.69) is 5.32 Å². The molecule has 0 radical (unpaired) electrons. The number of halogens is 3. The Hall–Kier alpha value is -2.05. The molecule has 0 bridgehead atoms. The number of anilines is 1. The molecular formula is C13H15F3N2O2. The molecule has 2 amide bonds. The molecule has 0 heterocycles. The van der Waals surface area contributed by atoms with Crippen molar-refractivity contribution >= 4 is 17.5 Å². The molecule has 0 aromatic heterocycles. The lowest BCUT2D eigenvalue weighted by Gasteiger charge is -2.13. The first kappa shape index (κ1) is 16.0. The molecule has 7 heteroatoms. The van der Waals surface area contributed by atoms with Crippen LogP contribution in [0.4, 0.5) is 18.9 Å². The minimum atomic E-state index is -4.92. The van der Waals surface area contributed by atoms with E-state index in [0.717, 1.165) is 0 Å². The van der Waals surface area contributed by atoms with Gasteiger partial charge in [-0.1, -0.05) is 32.0 Å². The van der Waals surface area contributed by atoms with E-state index in [9.17, 15) is 22.8 Å². The number of rotatable bonds is 4. The number of hydrogen-bond donors (Lipinski definition) is 2. The lowest BCUT2D eigenvalue weighted by atomic mass is 10.1. The van der Waals surface area contributed by atoms with Crippen LogP contribution in [0.1, 0.15) is 19.4 Å². The van der Waals surface area contributed by atoms with Crippen molar-refractivity contribution < 1.29 is 22.8 Å². The Bertz CT molecular complexity index is 499. The van der Waals surface area contributed by atoms with E-state index in [-0.39, 0.29) is 18.4 Å². The van der Waals surface area contributed by atoms with Crippen molar-refractivity contribution in [3.63, 3.8) is 0 Å². The topological polar surface area (TPSA) is 58.2 Å². The van der Waals surface area contributed by atoms with Crippen LogP contribution >= 0.6 is 0 Å². The van der Waals surface area contributed by atoms with Gasteiger partial charge < -0.3 is 10.6 Å². The fourth-order valence-electron chi connectivity index (χ4n) is 1.35. The number of para-hydroxylation sites is 1. The van der Waals surface area contributed by atoms with Crippen LogP contribution in [-0.2, 0) is 16.1 Å². The summed E-state index contributed by atoms with van der Waals surface area (Å²) in [7, 11) is 0. The summed E-state index contributed by atoms with van der Waals surface area (Å²) in [5.74, 6) is -2.52. The molecule has 0 unspecified atom stereocenters. The molecule has 110 valence electrons. The Balaban J connectivity index is 2.76. The molecular weight excluding hydrogens is 273 g/mol. The van der Waals surface area contributed by atoms with Crippen LogP contribution < -0.4 is 10.6 Å². The summed E-state index contributed by atoms with van der Waals surface area (Å²) in [5, 5.41) is 4.37. The molecule has 1 aromatic rings. The van der Waals surface area contributed by atoms with E-state index in [0.29, 0.717) is 11.3 Å². The fraction of sp³-hybridized carbons (Fsp3) is 0.385. The summed E-state index contributed by atoms with van der Waals surface area (Å²) in [5.41, 5.74) is 0.785. The van der Waals surface area contributed by atoms with Crippen LogP contribution in [0.25, 0.3) is 0 Å². The van der Waals surface area contributed by atoms with Crippen LogP contribution in [0.3, 0.4) is 0 Å². The van der Waals surface area contributed by atoms with Crippen molar-refractivity contribution in [1.82, 2.24) is 5.32 Å². The average Bonchev–Trinajstić information content (AvgIpc) is 2.36. The highest BCUT2D eigenvalue weighted by molar-refractivity contribution is 5.92. The van der Waals surface area contributed by atoms with Gasteiger partial charge in [-0.25, -0.2) is 0 Å². The van der Waals surface area contributed by atoms with Gasteiger partial charge in [0.15, 0.2) is 0 Å². The predicted octanol–water partition coefficient (Wildman–Crippen LogP) is 2.46. The van der Waals surface area contributed by atoms with Gasteiger partial charge in [-0.2, -0.15) is 13.2 Å². The zero-order valence-electron chi connectivity index (χ0n) is 11.0. The van der Waals surface area contributed by atoms with Crippen molar-refractivity contribution in [2.24, 2.45) is 5.92 Å². The minimum absolute atomic E-state index is 0.250. The molecule has 0 aliphatic carbocycles. The summed E-state index contributed by atoms with van der Waals surface area (Å²) in [6.45, 7) is 3.08. The molecule has 2 N–H and O–H groups in total. The second-order valence-electron chi connectivity index (χ2n) is 4.48. The molecule has 0 atom stereocenters. The van der Waals surface area contributed by atoms with E-state index in [1.165, 1.54) is 6.07 Å². The standard InChI is InChI=1S/C13H15F3N2O2/c1-8(2)11(19)18-10-6-4-3-5-9(10)7-17-12(20)13(14,15)16/h3-6,8H,7H2,1-2H3,(H,17,20)(H,18,19). The van der Waals surface area contributed by atoms with Gasteiger partial charge in [0.25, 0.3) is 0 Å². The monoisotopic (exact) mass is 288 g/mol. The van der Waals surface area contributed by atoms with Crippen molar-refractivity contribution in [1.29, 1.82) is 0 Å². The van der Waals surface area contributed by atoms with E-state index in [1.807, 2.05) is 0 Å². The van der Waals surface area contributed by atoms with Crippen molar-refractivity contribution in [2.45, 2.75) is 26.6 Å². The Labute approximate surface area is 114 Å². The largest absolute Gasteiger partial charge is 0.471 e. The molecule has 1 rings (SSSR count). The van der Waals surface area contributed by atoms with E-state index >= 15 is 0 Å². The number of carbonyl (C=O) groups is 2. The molecule has 20 heavy (non-hydrogen) atoms. The Morgan fingerprint density at radius 1 is 1.20 bits per heavy atom. The molecule has 0 saturated heterocycles. The lowest BCUT2D eigenvalue weighted by molar-refractivity contribution is -0.173. The maximum absolute atomic E-state index is 12.1. The highest BCUT2D eigenvalue weighted by Gasteiger charge is 2.38. The van der Waals surface area contributed by atoms with Gasteiger partial charge in [-0.05, 0) is 11.6 Å². The Morgan fingerprint density at radius 3 is 2.35 bits per heavy atom. The number of carbonyl (C=O) groups excluding carboxylic acids is 2. The van der Waals surface area contributed by atoms with Crippen LogP contribution in [0.15, 0.2) is 24.3 Å². The first-order chi connectivity index (χ1) is 9.21. The minimum Gasteiger partial charge on any atom is -0.344 e. The highest BCUT2D eigenvalue weighted by Crippen LogP contribution is 2.18. The second kappa shape index (κ2) is 6.40.